The monoisotopic (exact) mass is 489 g/mol. The molecule has 2 aromatic carbocycles. The van der Waals surface area contributed by atoms with Crippen molar-refractivity contribution in [2.24, 2.45) is 0 Å². The normalized spacial score (nSPS) is 15.4. The fraction of sp³-hybridized carbons (Fsp3) is 0.381. The molecule has 1 N–H and O–H groups in total. The minimum absolute atomic E-state index is 0.0627. The molecule has 7 nitrogen and oxygen atoms in total. The molecule has 1 saturated heterocycles. The number of ether oxygens (including phenoxy) is 1. The Morgan fingerprint density at radius 3 is 2.39 bits per heavy atom. The molecule has 0 aliphatic carbocycles. The summed E-state index contributed by atoms with van der Waals surface area (Å²) in [6, 6.07) is 9.41. The Hall–Kier alpha value is -2.86. The molecule has 1 heterocycles. The van der Waals surface area contributed by atoms with Crippen molar-refractivity contribution < 1.29 is 35.5 Å². The van der Waals surface area contributed by atoms with Gasteiger partial charge in [-0.2, -0.15) is 0 Å². The zero-order valence-electron chi connectivity index (χ0n) is 17.7. The highest BCUT2D eigenvalue weighted by Gasteiger charge is 2.33. The van der Waals surface area contributed by atoms with E-state index in [2.05, 4.69) is 4.74 Å². The smallest absolute Gasteiger partial charge is 0.404 e. The predicted octanol–water partition coefficient (Wildman–Crippen LogP) is 3.44. The molecule has 0 radical (unpaired) electrons. The molecule has 0 unspecified atom stereocenters. The summed E-state index contributed by atoms with van der Waals surface area (Å²) < 4.78 is 81.5. The second-order valence-electron chi connectivity index (χ2n) is 7.46. The van der Waals surface area contributed by atoms with Crippen LogP contribution in [0.25, 0.3) is 0 Å². The molecule has 180 valence electrons. The van der Waals surface area contributed by atoms with Crippen molar-refractivity contribution in [3.05, 3.63) is 59.4 Å². The molecule has 1 aliphatic heterocycles. The molecule has 3 rings (SSSR count). The maximum Gasteiger partial charge on any atom is 0.573 e. The van der Waals surface area contributed by atoms with Crippen molar-refractivity contribution >= 4 is 21.6 Å². The first-order valence-corrected chi connectivity index (χ1v) is 11.8. The van der Waals surface area contributed by atoms with E-state index in [1.807, 2.05) is 9.62 Å². The van der Waals surface area contributed by atoms with Gasteiger partial charge in [0.2, 0.25) is 10.0 Å². The number of piperazine rings is 1. The van der Waals surface area contributed by atoms with Crippen LogP contribution < -0.4 is 9.46 Å². The molecule has 0 bridgehead atoms. The van der Waals surface area contributed by atoms with Crippen LogP contribution in [0.1, 0.15) is 22.8 Å². The number of alkyl halides is 3. The Morgan fingerprint density at radius 2 is 1.79 bits per heavy atom. The average molecular weight is 489 g/mol. The van der Waals surface area contributed by atoms with Gasteiger partial charge in [0.05, 0.1) is 11.4 Å². The second-order valence-corrected chi connectivity index (χ2v) is 9.47. The zero-order chi connectivity index (χ0) is 24.2. The topological polar surface area (TPSA) is 79.0 Å². The van der Waals surface area contributed by atoms with Gasteiger partial charge in [0.15, 0.2) is 5.75 Å². The molecule has 0 aromatic heterocycles. The fourth-order valence-corrected chi connectivity index (χ4v) is 4.02. The van der Waals surface area contributed by atoms with E-state index >= 15 is 0 Å². The van der Waals surface area contributed by atoms with Gasteiger partial charge in [0, 0.05) is 38.3 Å². The van der Waals surface area contributed by atoms with Crippen LogP contribution in [0.4, 0.5) is 23.2 Å². The van der Waals surface area contributed by atoms with Gasteiger partial charge in [-0.3, -0.25) is 14.4 Å². The van der Waals surface area contributed by atoms with Crippen molar-refractivity contribution in [3.8, 4) is 5.75 Å². The lowest BCUT2D eigenvalue weighted by atomic mass is 10.1. The minimum atomic E-state index is -5.07. The third-order valence-electron chi connectivity index (χ3n) is 5.05. The Balaban J connectivity index is 1.71. The molecule has 33 heavy (non-hydrogen) atoms. The number of amides is 1. The van der Waals surface area contributed by atoms with Crippen LogP contribution in [0.15, 0.2) is 42.5 Å². The van der Waals surface area contributed by atoms with Gasteiger partial charge in [-0.25, -0.2) is 12.8 Å². The lowest BCUT2D eigenvalue weighted by Crippen LogP contribution is -2.48. The number of anilines is 1. The van der Waals surface area contributed by atoms with Crippen molar-refractivity contribution in [1.29, 1.82) is 0 Å². The van der Waals surface area contributed by atoms with Crippen molar-refractivity contribution in [2.75, 3.05) is 36.7 Å². The number of rotatable bonds is 7. The summed E-state index contributed by atoms with van der Waals surface area (Å²) in [6.07, 6.45) is -5.07. The fourth-order valence-electron chi connectivity index (χ4n) is 3.37. The molecule has 2 aromatic rings. The lowest BCUT2D eigenvalue weighted by molar-refractivity contribution is -0.274. The summed E-state index contributed by atoms with van der Waals surface area (Å²) in [5.41, 5.74) is 0.326. The number of nitrogens with one attached hydrogen (secondary N) is 1. The van der Waals surface area contributed by atoms with E-state index in [1.165, 1.54) is 30.0 Å². The number of benzene rings is 2. The molecule has 0 saturated carbocycles. The Kier molecular flexibility index (Phi) is 7.48. The van der Waals surface area contributed by atoms with Gasteiger partial charge in [0.1, 0.15) is 5.82 Å². The van der Waals surface area contributed by atoms with Gasteiger partial charge >= 0.3 is 6.36 Å². The van der Waals surface area contributed by atoms with Crippen LogP contribution in [0.3, 0.4) is 0 Å². The SMILES string of the molecule is CCS(=O)(=O)Nc1ccc(C(=O)N2CCN(Cc3cccc(F)c3)CC2)cc1OC(F)(F)F. The maximum atomic E-state index is 13.4. The van der Waals surface area contributed by atoms with Crippen molar-refractivity contribution in [3.63, 3.8) is 0 Å². The summed E-state index contributed by atoms with van der Waals surface area (Å²) in [5.74, 6) is -1.99. The molecule has 0 spiro atoms. The molecule has 1 amide bonds. The largest absolute Gasteiger partial charge is 0.573 e. The highest BCUT2D eigenvalue weighted by atomic mass is 32.2. The second kappa shape index (κ2) is 9.96. The molecule has 12 heteroatoms. The van der Waals surface area contributed by atoms with Gasteiger partial charge in [-0.05, 0) is 42.8 Å². The van der Waals surface area contributed by atoms with Crippen molar-refractivity contribution in [1.82, 2.24) is 9.80 Å². The highest BCUT2D eigenvalue weighted by Crippen LogP contribution is 2.32. The van der Waals surface area contributed by atoms with E-state index in [9.17, 15) is 30.8 Å². The summed E-state index contributed by atoms with van der Waals surface area (Å²) in [6.45, 7) is 3.50. The predicted molar refractivity (Wildman–Crippen MR) is 114 cm³/mol. The van der Waals surface area contributed by atoms with E-state index in [0.717, 1.165) is 17.7 Å². The van der Waals surface area contributed by atoms with E-state index in [-0.39, 0.29) is 17.1 Å². The van der Waals surface area contributed by atoms with Gasteiger partial charge in [-0.15, -0.1) is 13.2 Å². The first kappa shape index (κ1) is 24.8. The summed E-state index contributed by atoms with van der Waals surface area (Å²) in [7, 11) is -3.86. The van der Waals surface area contributed by atoms with Crippen LogP contribution in [-0.4, -0.2) is 62.4 Å². The number of carbonyl (C=O) groups excluding carboxylic acids is 1. The van der Waals surface area contributed by atoms with Crippen LogP contribution in [0.2, 0.25) is 0 Å². The standard InChI is InChI=1S/C21H23F4N3O4S/c1-2-33(30,31)26-18-7-6-16(13-19(18)32-21(23,24)25)20(29)28-10-8-27(9-11-28)14-15-4-3-5-17(22)12-15/h3-7,12-13,26H,2,8-11,14H2,1H3. The van der Waals surface area contributed by atoms with E-state index in [4.69, 9.17) is 0 Å². The molecule has 1 aliphatic rings. The molecule has 1 fully saturated rings. The number of hydrogen-bond acceptors (Lipinski definition) is 5. The first-order chi connectivity index (χ1) is 15.5. The summed E-state index contributed by atoms with van der Waals surface area (Å²) >= 11 is 0. The van der Waals surface area contributed by atoms with Crippen molar-refractivity contribution in [2.45, 2.75) is 19.8 Å². The van der Waals surface area contributed by atoms with Gasteiger partial charge < -0.3 is 9.64 Å². The van der Waals surface area contributed by atoms with Crippen LogP contribution in [-0.2, 0) is 16.6 Å². The quantitative estimate of drug-likeness (QED) is 0.603. The molecular formula is C21H23F4N3O4S. The minimum Gasteiger partial charge on any atom is -0.404 e. The lowest BCUT2D eigenvalue weighted by Gasteiger charge is -2.35. The van der Waals surface area contributed by atoms with Crippen LogP contribution in [0.5, 0.6) is 5.75 Å². The first-order valence-electron chi connectivity index (χ1n) is 10.1. The third kappa shape index (κ3) is 7.06. The third-order valence-corrected chi connectivity index (χ3v) is 6.35. The van der Waals surface area contributed by atoms with Crippen LogP contribution >= 0.6 is 0 Å². The van der Waals surface area contributed by atoms with E-state index < -0.39 is 33.7 Å². The highest BCUT2D eigenvalue weighted by molar-refractivity contribution is 7.92. The maximum absolute atomic E-state index is 13.4. The summed E-state index contributed by atoms with van der Waals surface area (Å²) in [5, 5.41) is 0. The van der Waals surface area contributed by atoms with Gasteiger partial charge in [0.25, 0.3) is 5.91 Å². The Labute approximate surface area is 189 Å². The van der Waals surface area contributed by atoms with E-state index in [1.54, 1.807) is 12.1 Å². The number of nitrogens with zero attached hydrogens (tertiary/aromatic N) is 2. The number of hydrogen-bond donors (Lipinski definition) is 1. The number of carbonyl (C=O) groups is 1. The number of sulfonamides is 1. The van der Waals surface area contributed by atoms with E-state index in [0.29, 0.717) is 32.7 Å². The zero-order valence-corrected chi connectivity index (χ0v) is 18.5. The Morgan fingerprint density at radius 1 is 1.09 bits per heavy atom. The number of halogens is 4. The van der Waals surface area contributed by atoms with Crippen LogP contribution in [0, 0.1) is 5.82 Å². The average Bonchev–Trinajstić information content (AvgIpc) is 2.74. The molecule has 0 atom stereocenters. The Bertz CT molecular complexity index is 1100. The summed E-state index contributed by atoms with van der Waals surface area (Å²) in [4.78, 5) is 16.4. The van der Waals surface area contributed by atoms with Gasteiger partial charge in [-0.1, -0.05) is 12.1 Å². The molecular weight excluding hydrogens is 466 g/mol.